The van der Waals surface area contributed by atoms with Crippen LogP contribution in [0.15, 0.2) is 45.9 Å². The lowest BCUT2D eigenvalue weighted by molar-refractivity contribution is 0.102. The summed E-state index contributed by atoms with van der Waals surface area (Å²) in [5.41, 5.74) is 3.46. The lowest BCUT2D eigenvalue weighted by atomic mass is 9.72. The van der Waals surface area contributed by atoms with E-state index in [1.54, 1.807) is 56.0 Å². The normalized spacial score (nSPS) is 15.6. The molecule has 0 saturated heterocycles. The fourth-order valence-corrected chi connectivity index (χ4v) is 6.39. The summed E-state index contributed by atoms with van der Waals surface area (Å²) in [6.45, 7) is 6.87. The second-order valence-electron chi connectivity index (χ2n) is 9.94. The van der Waals surface area contributed by atoms with Crippen LogP contribution in [0.2, 0.25) is 5.02 Å². The van der Waals surface area contributed by atoms with E-state index in [9.17, 15) is 4.79 Å². The smallest absolute Gasteiger partial charge is 0.259 e. The van der Waals surface area contributed by atoms with Crippen molar-refractivity contribution < 1.29 is 14.3 Å². The first-order valence-corrected chi connectivity index (χ1v) is 13.8. The summed E-state index contributed by atoms with van der Waals surface area (Å²) in [7, 11) is 3.22. The molecule has 1 amide bonds. The van der Waals surface area contributed by atoms with Crippen molar-refractivity contribution in [2.45, 2.75) is 40.0 Å². The van der Waals surface area contributed by atoms with Crippen molar-refractivity contribution in [1.29, 1.82) is 0 Å². The van der Waals surface area contributed by atoms with Crippen LogP contribution in [0, 0.1) is 11.3 Å². The first kappa shape index (κ1) is 26.7. The zero-order valence-electron chi connectivity index (χ0n) is 21.1. The van der Waals surface area contributed by atoms with Crippen LogP contribution in [0.1, 0.15) is 53.6 Å². The Morgan fingerprint density at radius 2 is 1.86 bits per heavy atom. The molecule has 1 N–H and O–H groups in total. The lowest BCUT2D eigenvalue weighted by Gasteiger charge is -2.33. The summed E-state index contributed by atoms with van der Waals surface area (Å²) in [6.07, 6.45) is 4.62. The van der Waals surface area contributed by atoms with Crippen LogP contribution in [-0.4, -0.2) is 26.3 Å². The highest BCUT2D eigenvalue weighted by Gasteiger charge is 2.33. The molecule has 8 heteroatoms. The van der Waals surface area contributed by atoms with Crippen molar-refractivity contribution in [3.8, 4) is 11.5 Å². The molecule has 0 bridgehead atoms. The number of anilines is 1. The number of thiophene rings is 1. The van der Waals surface area contributed by atoms with E-state index in [-0.39, 0.29) is 11.3 Å². The third kappa shape index (κ3) is 5.79. The van der Waals surface area contributed by atoms with Gasteiger partial charge < -0.3 is 14.8 Å². The number of benzene rings is 2. The molecule has 0 aliphatic heterocycles. The molecule has 0 spiro atoms. The Bertz CT molecular complexity index is 1300. The average molecular weight is 590 g/mol. The van der Waals surface area contributed by atoms with Crippen LogP contribution in [0.25, 0.3) is 0 Å². The van der Waals surface area contributed by atoms with Crippen LogP contribution >= 0.6 is 38.9 Å². The van der Waals surface area contributed by atoms with Crippen LogP contribution in [0.5, 0.6) is 11.5 Å². The maximum absolute atomic E-state index is 13.5. The van der Waals surface area contributed by atoms with Gasteiger partial charge in [-0.05, 0) is 82.4 Å². The Hall–Kier alpha value is -2.35. The van der Waals surface area contributed by atoms with Crippen LogP contribution in [-0.2, 0) is 12.8 Å². The molecular weight excluding hydrogens is 560 g/mol. The van der Waals surface area contributed by atoms with Gasteiger partial charge in [0.15, 0.2) is 0 Å². The standard InChI is InChI=1S/C28H30BrClN2O3S/c1-28(2,3)17-6-11-20-24(13-17)36-27(25(20)26(33)32-19-9-7-18(30)8-10-19)31-15-16-12-21(29)23(35-5)14-22(16)34-4/h7-10,12,14-15,17H,6,11,13H2,1-5H3,(H,32,33)/t17-/m0/s1. The van der Waals surface area contributed by atoms with Gasteiger partial charge >= 0.3 is 0 Å². The van der Waals surface area contributed by atoms with E-state index >= 15 is 0 Å². The number of fused-ring (bicyclic) bond motifs is 1. The number of nitrogens with zero attached hydrogens (tertiary/aromatic N) is 1. The molecule has 3 aromatic rings. The van der Waals surface area contributed by atoms with Crippen molar-refractivity contribution in [1.82, 2.24) is 0 Å². The Morgan fingerprint density at radius 1 is 1.17 bits per heavy atom. The van der Waals surface area contributed by atoms with E-state index in [1.165, 1.54) is 4.88 Å². The Morgan fingerprint density at radius 3 is 2.50 bits per heavy atom. The number of carbonyl (C=O) groups excluding carboxylic acids is 1. The zero-order chi connectivity index (χ0) is 26.0. The number of hydrogen-bond donors (Lipinski definition) is 1. The molecule has 0 unspecified atom stereocenters. The Kier molecular flexibility index (Phi) is 8.12. The summed E-state index contributed by atoms with van der Waals surface area (Å²) in [6, 6.07) is 10.8. The van der Waals surface area contributed by atoms with Crippen molar-refractivity contribution >= 4 is 61.7 Å². The number of amides is 1. The van der Waals surface area contributed by atoms with Crippen LogP contribution in [0.3, 0.4) is 0 Å². The highest BCUT2D eigenvalue weighted by molar-refractivity contribution is 9.10. The third-order valence-corrected chi connectivity index (χ3v) is 8.66. The maximum atomic E-state index is 13.5. The second-order valence-corrected chi connectivity index (χ2v) is 12.3. The second kappa shape index (κ2) is 11.0. The Labute approximate surface area is 230 Å². The SMILES string of the molecule is COc1cc(OC)c(C=Nc2sc3c(c2C(=O)Nc2ccc(Cl)cc2)CC[C@H](C(C)(C)C)C3)cc1Br. The van der Waals surface area contributed by atoms with Gasteiger partial charge in [0.05, 0.1) is 24.3 Å². The molecule has 0 radical (unpaired) electrons. The monoisotopic (exact) mass is 588 g/mol. The van der Waals surface area contributed by atoms with Gasteiger partial charge in [-0.1, -0.05) is 32.4 Å². The zero-order valence-corrected chi connectivity index (χ0v) is 24.2. The molecule has 1 aliphatic rings. The van der Waals surface area contributed by atoms with Crippen LogP contribution in [0.4, 0.5) is 10.7 Å². The molecule has 0 saturated carbocycles. The third-order valence-electron chi connectivity index (χ3n) is 6.63. The van der Waals surface area contributed by atoms with Gasteiger partial charge in [-0.3, -0.25) is 4.79 Å². The summed E-state index contributed by atoms with van der Waals surface area (Å²) in [5.74, 6) is 1.72. The average Bonchev–Trinajstić information content (AvgIpc) is 3.21. The van der Waals surface area contributed by atoms with Crippen molar-refractivity contribution in [3.63, 3.8) is 0 Å². The fourth-order valence-electron chi connectivity index (χ4n) is 4.48. The van der Waals surface area contributed by atoms with Crippen molar-refractivity contribution in [3.05, 3.63) is 67.5 Å². The molecule has 1 atom stereocenters. The molecule has 1 heterocycles. The van der Waals surface area contributed by atoms with Gasteiger partial charge in [0.2, 0.25) is 0 Å². The molecule has 36 heavy (non-hydrogen) atoms. The summed E-state index contributed by atoms with van der Waals surface area (Å²) in [4.78, 5) is 19.6. The van der Waals surface area contributed by atoms with Crippen molar-refractivity contribution in [2.24, 2.45) is 16.3 Å². The van der Waals surface area contributed by atoms with Gasteiger partial charge in [0.25, 0.3) is 5.91 Å². The topological polar surface area (TPSA) is 59.9 Å². The molecule has 4 rings (SSSR count). The number of methoxy groups -OCH3 is 2. The number of nitrogens with one attached hydrogen (secondary N) is 1. The van der Waals surface area contributed by atoms with E-state index < -0.39 is 0 Å². The van der Waals surface area contributed by atoms with Gasteiger partial charge in [-0.2, -0.15) is 0 Å². The number of aliphatic imine (C=N–C) groups is 1. The predicted octanol–water partition coefficient (Wildman–Crippen LogP) is 8.34. The van der Waals surface area contributed by atoms with Crippen molar-refractivity contribution in [2.75, 3.05) is 19.5 Å². The predicted molar refractivity (Wildman–Crippen MR) is 153 cm³/mol. The molecular formula is C28H30BrClN2O3S. The first-order valence-electron chi connectivity index (χ1n) is 11.8. The van der Waals surface area contributed by atoms with Gasteiger partial charge in [0.1, 0.15) is 16.5 Å². The maximum Gasteiger partial charge on any atom is 0.259 e. The molecule has 1 aromatic heterocycles. The van der Waals surface area contributed by atoms with E-state index in [2.05, 4.69) is 42.0 Å². The van der Waals surface area contributed by atoms with E-state index in [0.717, 1.165) is 34.9 Å². The number of hydrogen-bond acceptors (Lipinski definition) is 5. The minimum atomic E-state index is -0.154. The minimum absolute atomic E-state index is 0.154. The number of ether oxygens (including phenoxy) is 2. The summed E-state index contributed by atoms with van der Waals surface area (Å²) >= 11 is 11.2. The van der Waals surface area contributed by atoms with Gasteiger partial charge in [-0.25, -0.2) is 4.99 Å². The Balaban J connectivity index is 1.74. The molecule has 0 fully saturated rings. The largest absolute Gasteiger partial charge is 0.496 e. The first-order chi connectivity index (χ1) is 17.1. The molecule has 190 valence electrons. The molecule has 5 nitrogen and oxygen atoms in total. The number of rotatable bonds is 6. The molecule has 2 aromatic carbocycles. The summed E-state index contributed by atoms with van der Waals surface area (Å²) in [5, 5.41) is 4.36. The minimum Gasteiger partial charge on any atom is -0.496 e. The quantitative estimate of drug-likeness (QED) is 0.294. The summed E-state index contributed by atoms with van der Waals surface area (Å²) < 4.78 is 11.7. The van der Waals surface area contributed by atoms with E-state index in [1.807, 2.05) is 12.1 Å². The highest BCUT2D eigenvalue weighted by atomic mass is 79.9. The van der Waals surface area contributed by atoms with Gasteiger partial charge in [-0.15, -0.1) is 11.3 Å². The number of carbonyl (C=O) groups is 1. The molecule has 1 aliphatic carbocycles. The number of halogens is 2. The van der Waals surface area contributed by atoms with Crippen LogP contribution < -0.4 is 14.8 Å². The highest BCUT2D eigenvalue weighted by Crippen LogP contribution is 2.45. The van der Waals surface area contributed by atoms with E-state index in [0.29, 0.717) is 38.7 Å². The fraction of sp³-hybridized carbons (Fsp3) is 0.357. The lowest BCUT2D eigenvalue weighted by Crippen LogP contribution is -2.27. The van der Waals surface area contributed by atoms with Gasteiger partial charge in [0, 0.05) is 33.4 Å². The van der Waals surface area contributed by atoms with E-state index in [4.69, 9.17) is 26.1 Å².